The zero-order valence-corrected chi connectivity index (χ0v) is 16.6. The van der Waals surface area contributed by atoms with Crippen LogP contribution < -0.4 is 15.4 Å². The highest BCUT2D eigenvalue weighted by Crippen LogP contribution is 2.22. The highest BCUT2D eigenvalue weighted by Gasteiger charge is 2.14. The van der Waals surface area contributed by atoms with Crippen molar-refractivity contribution in [3.8, 4) is 5.75 Å². The van der Waals surface area contributed by atoms with Gasteiger partial charge in [-0.05, 0) is 44.2 Å². The number of aryl methyl sites for hydroxylation is 1. The topological polar surface area (TPSA) is 100 Å². The molecule has 0 radical (unpaired) electrons. The summed E-state index contributed by atoms with van der Waals surface area (Å²) in [6.45, 7) is 7.54. The zero-order valence-electron chi connectivity index (χ0n) is 16.6. The number of aromatic nitrogens is 4. The van der Waals surface area contributed by atoms with Crippen molar-refractivity contribution in [1.29, 1.82) is 0 Å². The van der Waals surface area contributed by atoms with Crippen LogP contribution in [0, 0.1) is 6.92 Å². The van der Waals surface area contributed by atoms with Crippen molar-refractivity contribution < 1.29 is 4.74 Å². The standard InChI is InChI=1S/C21H23N7O/c1-5-17(18-11-12-24-20(22-4)28-18)19(23-6-2)29-16-9-7-15(8-10-16)27-21-25-13-14(3)26-21/h5-13H,2H2,1,3-4H3,(H,22,24,28)(H2,25,26,27)/b17-5-,23-19?. The minimum Gasteiger partial charge on any atom is -0.438 e. The van der Waals surface area contributed by atoms with Gasteiger partial charge in [-0.1, -0.05) is 12.7 Å². The number of ether oxygens (including phenoxy) is 1. The predicted molar refractivity (Wildman–Crippen MR) is 117 cm³/mol. The number of nitrogens with zero attached hydrogens (tertiary/aromatic N) is 4. The number of aromatic amines is 1. The average Bonchev–Trinajstić information content (AvgIpc) is 3.15. The summed E-state index contributed by atoms with van der Waals surface area (Å²) in [5.74, 6) is 2.23. The summed E-state index contributed by atoms with van der Waals surface area (Å²) in [6, 6.07) is 9.30. The molecule has 8 nitrogen and oxygen atoms in total. The van der Waals surface area contributed by atoms with Crippen molar-refractivity contribution >= 4 is 29.1 Å². The third kappa shape index (κ3) is 5.07. The van der Waals surface area contributed by atoms with Crippen molar-refractivity contribution in [3.63, 3.8) is 0 Å². The number of allylic oxidation sites excluding steroid dienone is 1. The van der Waals surface area contributed by atoms with E-state index >= 15 is 0 Å². The Balaban J connectivity index is 1.79. The molecule has 0 aliphatic heterocycles. The second kappa shape index (κ2) is 9.32. The van der Waals surface area contributed by atoms with E-state index in [4.69, 9.17) is 4.74 Å². The van der Waals surface area contributed by atoms with E-state index in [1.807, 2.05) is 44.2 Å². The molecule has 29 heavy (non-hydrogen) atoms. The lowest BCUT2D eigenvalue weighted by Gasteiger charge is -2.12. The molecule has 0 unspecified atom stereocenters. The van der Waals surface area contributed by atoms with Crippen LogP contribution in [0.3, 0.4) is 0 Å². The van der Waals surface area contributed by atoms with Gasteiger partial charge in [0, 0.05) is 37.0 Å². The molecule has 2 heterocycles. The summed E-state index contributed by atoms with van der Waals surface area (Å²) in [6.07, 6.45) is 6.77. The Labute approximate surface area is 169 Å². The summed E-state index contributed by atoms with van der Waals surface area (Å²) >= 11 is 0. The van der Waals surface area contributed by atoms with Crippen LogP contribution in [0.5, 0.6) is 5.75 Å². The SMILES string of the molecule is C=CN=C(Oc1ccc(Nc2ncc(C)[nH]2)cc1)/C(=C\C)c1ccnc(NC)n1. The first kappa shape index (κ1) is 19.8. The molecule has 0 bridgehead atoms. The van der Waals surface area contributed by atoms with Crippen molar-refractivity contribution in [3.05, 3.63) is 73.0 Å². The van der Waals surface area contributed by atoms with Gasteiger partial charge in [0.1, 0.15) is 5.75 Å². The smallest absolute Gasteiger partial charge is 0.228 e. The third-order valence-corrected chi connectivity index (χ3v) is 3.92. The van der Waals surface area contributed by atoms with Gasteiger partial charge in [-0.3, -0.25) is 0 Å². The van der Waals surface area contributed by atoms with Gasteiger partial charge >= 0.3 is 0 Å². The van der Waals surface area contributed by atoms with Gasteiger partial charge in [-0.25, -0.2) is 19.9 Å². The van der Waals surface area contributed by atoms with Crippen LogP contribution in [0.1, 0.15) is 18.3 Å². The summed E-state index contributed by atoms with van der Waals surface area (Å²) in [4.78, 5) is 20.3. The quantitative estimate of drug-likeness (QED) is 0.411. The monoisotopic (exact) mass is 389 g/mol. The number of benzene rings is 1. The minimum atomic E-state index is 0.394. The van der Waals surface area contributed by atoms with Crippen molar-refractivity contribution in [1.82, 2.24) is 19.9 Å². The molecule has 0 aliphatic rings. The Morgan fingerprint density at radius 2 is 2.00 bits per heavy atom. The molecule has 3 N–H and O–H groups in total. The number of anilines is 3. The van der Waals surface area contributed by atoms with E-state index in [-0.39, 0.29) is 0 Å². The van der Waals surface area contributed by atoms with E-state index < -0.39 is 0 Å². The third-order valence-electron chi connectivity index (χ3n) is 3.92. The summed E-state index contributed by atoms with van der Waals surface area (Å²) in [5, 5.41) is 6.13. The fourth-order valence-electron chi connectivity index (χ4n) is 2.57. The fraction of sp³-hybridized carbons (Fsp3) is 0.143. The molecule has 0 amide bonds. The molecular weight excluding hydrogens is 366 g/mol. The van der Waals surface area contributed by atoms with E-state index in [1.165, 1.54) is 6.20 Å². The summed E-state index contributed by atoms with van der Waals surface area (Å²) in [7, 11) is 1.77. The van der Waals surface area contributed by atoms with Crippen molar-refractivity contribution in [2.45, 2.75) is 13.8 Å². The Morgan fingerprint density at radius 3 is 2.62 bits per heavy atom. The van der Waals surface area contributed by atoms with E-state index in [0.717, 1.165) is 17.0 Å². The molecule has 0 fully saturated rings. The first-order valence-corrected chi connectivity index (χ1v) is 9.06. The maximum atomic E-state index is 6.02. The molecular formula is C21H23N7O. The van der Waals surface area contributed by atoms with Gasteiger partial charge < -0.3 is 20.4 Å². The number of imidazole rings is 1. The van der Waals surface area contributed by atoms with Gasteiger partial charge in [0.2, 0.25) is 17.8 Å². The van der Waals surface area contributed by atoms with Crippen LogP contribution in [0.15, 0.2) is 66.6 Å². The summed E-state index contributed by atoms with van der Waals surface area (Å²) < 4.78 is 6.02. The van der Waals surface area contributed by atoms with Crippen LogP contribution in [0.25, 0.3) is 5.57 Å². The lowest BCUT2D eigenvalue weighted by molar-refractivity contribution is 0.557. The number of H-pyrrole nitrogens is 1. The molecule has 3 aromatic rings. The molecule has 0 spiro atoms. The van der Waals surface area contributed by atoms with Gasteiger partial charge in [0.25, 0.3) is 0 Å². The Hall–Kier alpha value is -3.94. The van der Waals surface area contributed by atoms with E-state index in [2.05, 4.69) is 42.1 Å². The highest BCUT2D eigenvalue weighted by atomic mass is 16.5. The molecule has 2 aromatic heterocycles. The van der Waals surface area contributed by atoms with Crippen LogP contribution in [-0.2, 0) is 0 Å². The number of hydrogen-bond donors (Lipinski definition) is 3. The lowest BCUT2D eigenvalue weighted by Crippen LogP contribution is -2.12. The molecule has 0 saturated heterocycles. The van der Waals surface area contributed by atoms with Gasteiger partial charge in [0.05, 0.1) is 11.3 Å². The number of hydrogen-bond acceptors (Lipinski definition) is 7. The second-order valence-corrected chi connectivity index (χ2v) is 6.00. The molecule has 8 heteroatoms. The van der Waals surface area contributed by atoms with Crippen molar-refractivity contribution in [2.75, 3.05) is 17.7 Å². The lowest BCUT2D eigenvalue weighted by atomic mass is 10.1. The van der Waals surface area contributed by atoms with Crippen LogP contribution in [-0.4, -0.2) is 32.9 Å². The van der Waals surface area contributed by atoms with Crippen LogP contribution in [0.4, 0.5) is 17.6 Å². The Kier molecular flexibility index (Phi) is 6.36. The maximum absolute atomic E-state index is 6.02. The number of aliphatic imine (C=N–C) groups is 1. The van der Waals surface area contributed by atoms with Gasteiger partial charge in [-0.2, -0.15) is 0 Å². The largest absolute Gasteiger partial charge is 0.438 e. The first-order chi connectivity index (χ1) is 14.1. The molecule has 3 rings (SSSR count). The van der Waals surface area contributed by atoms with Crippen molar-refractivity contribution in [2.24, 2.45) is 4.99 Å². The minimum absolute atomic E-state index is 0.394. The van der Waals surface area contributed by atoms with E-state index in [9.17, 15) is 0 Å². The molecule has 1 aromatic carbocycles. The second-order valence-electron chi connectivity index (χ2n) is 6.00. The van der Waals surface area contributed by atoms with Gasteiger partial charge in [0.15, 0.2) is 0 Å². The highest BCUT2D eigenvalue weighted by molar-refractivity contribution is 6.20. The molecule has 0 aliphatic carbocycles. The van der Waals surface area contributed by atoms with Gasteiger partial charge in [-0.15, -0.1) is 0 Å². The predicted octanol–water partition coefficient (Wildman–Crippen LogP) is 4.32. The average molecular weight is 389 g/mol. The van der Waals surface area contributed by atoms with E-state index in [0.29, 0.717) is 29.2 Å². The van der Waals surface area contributed by atoms with Crippen LogP contribution in [0.2, 0.25) is 0 Å². The normalized spacial score (nSPS) is 11.8. The number of nitrogens with one attached hydrogen (secondary N) is 3. The fourth-order valence-corrected chi connectivity index (χ4v) is 2.57. The first-order valence-electron chi connectivity index (χ1n) is 9.06. The Bertz CT molecular complexity index is 1040. The maximum Gasteiger partial charge on any atom is 0.228 e. The van der Waals surface area contributed by atoms with Crippen LogP contribution >= 0.6 is 0 Å². The Morgan fingerprint density at radius 1 is 1.21 bits per heavy atom. The summed E-state index contributed by atoms with van der Waals surface area (Å²) in [5.41, 5.74) is 3.30. The molecule has 0 saturated carbocycles. The number of rotatable bonds is 7. The zero-order chi connectivity index (χ0) is 20.6. The molecule has 0 atom stereocenters. The van der Waals surface area contributed by atoms with E-state index in [1.54, 1.807) is 25.5 Å². The molecule has 148 valence electrons.